The highest BCUT2D eigenvalue weighted by atomic mass is 19.3. The molecule has 0 aliphatic heterocycles. The van der Waals surface area contributed by atoms with Crippen molar-refractivity contribution in [1.82, 2.24) is 0 Å². The number of nitrogens with two attached hydrogens (primary N) is 1. The molecule has 1 unspecified atom stereocenters. The number of halogens is 3. The lowest BCUT2D eigenvalue weighted by Gasteiger charge is -2.11. The molecule has 0 heterocycles. The van der Waals surface area contributed by atoms with E-state index < -0.39 is 12.4 Å². The summed E-state index contributed by atoms with van der Waals surface area (Å²) < 4.78 is 41.1. The van der Waals surface area contributed by atoms with Crippen LogP contribution < -0.4 is 10.5 Å². The molecule has 0 fully saturated rings. The fraction of sp³-hybridized carbons (Fsp3) is 0.455. The molecule has 0 aliphatic carbocycles. The second kappa shape index (κ2) is 5.75. The maximum Gasteiger partial charge on any atom is 0.387 e. The standard InChI is InChI=1S/C11H14F3NO/c1-2-9(15)4-7-3-8(12)6-10(5-7)16-11(13)14/h3,5-6,9,11H,2,4,15H2,1H3. The van der Waals surface area contributed by atoms with Gasteiger partial charge in [-0.2, -0.15) is 8.78 Å². The van der Waals surface area contributed by atoms with Crippen LogP contribution in [0.25, 0.3) is 0 Å². The van der Waals surface area contributed by atoms with Gasteiger partial charge in [0, 0.05) is 12.1 Å². The number of rotatable bonds is 5. The Balaban J connectivity index is 2.81. The molecule has 5 heteroatoms. The molecule has 1 aromatic rings. The lowest BCUT2D eigenvalue weighted by molar-refractivity contribution is -0.0500. The van der Waals surface area contributed by atoms with Gasteiger partial charge in [0.1, 0.15) is 11.6 Å². The molecule has 0 aliphatic rings. The van der Waals surface area contributed by atoms with E-state index in [9.17, 15) is 13.2 Å². The van der Waals surface area contributed by atoms with Crippen molar-refractivity contribution in [3.05, 3.63) is 29.6 Å². The van der Waals surface area contributed by atoms with E-state index in [1.165, 1.54) is 12.1 Å². The highest BCUT2D eigenvalue weighted by molar-refractivity contribution is 5.30. The maximum absolute atomic E-state index is 13.1. The van der Waals surface area contributed by atoms with Gasteiger partial charge in [-0.05, 0) is 30.5 Å². The van der Waals surface area contributed by atoms with E-state index in [2.05, 4.69) is 4.74 Å². The van der Waals surface area contributed by atoms with E-state index >= 15 is 0 Å². The minimum Gasteiger partial charge on any atom is -0.435 e. The molecular formula is C11H14F3NO. The molecule has 0 spiro atoms. The van der Waals surface area contributed by atoms with Crippen molar-refractivity contribution in [3.8, 4) is 5.75 Å². The summed E-state index contributed by atoms with van der Waals surface area (Å²) in [6.07, 6.45) is 1.18. The van der Waals surface area contributed by atoms with Gasteiger partial charge in [0.25, 0.3) is 0 Å². The van der Waals surface area contributed by atoms with Crippen molar-refractivity contribution in [2.24, 2.45) is 5.73 Å². The minimum atomic E-state index is -2.95. The Kier molecular flexibility index (Phi) is 4.61. The molecule has 0 aromatic heterocycles. The first kappa shape index (κ1) is 12.8. The highest BCUT2D eigenvalue weighted by Gasteiger charge is 2.09. The average molecular weight is 233 g/mol. The summed E-state index contributed by atoms with van der Waals surface area (Å²) in [5.41, 5.74) is 6.26. The molecule has 1 rings (SSSR count). The topological polar surface area (TPSA) is 35.2 Å². The molecule has 1 aromatic carbocycles. The van der Waals surface area contributed by atoms with Crippen LogP contribution in [0.3, 0.4) is 0 Å². The Morgan fingerprint density at radius 1 is 1.31 bits per heavy atom. The van der Waals surface area contributed by atoms with Gasteiger partial charge in [-0.3, -0.25) is 0 Å². The molecule has 0 amide bonds. The molecule has 90 valence electrons. The molecule has 1 atom stereocenters. The fourth-order valence-corrected chi connectivity index (χ4v) is 1.36. The van der Waals surface area contributed by atoms with Crippen molar-refractivity contribution in [3.63, 3.8) is 0 Å². The largest absolute Gasteiger partial charge is 0.435 e. The summed E-state index contributed by atoms with van der Waals surface area (Å²) in [6.45, 7) is -1.05. The summed E-state index contributed by atoms with van der Waals surface area (Å²) in [4.78, 5) is 0. The van der Waals surface area contributed by atoms with Crippen LogP contribution in [0.2, 0.25) is 0 Å². The third kappa shape index (κ3) is 4.10. The second-order valence-electron chi connectivity index (χ2n) is 3.55. The van der Waals surface area contributed by atoms with E-state index in [0.717, 1.165) is 12.5 Å². The molecule has 16 heavy (non-hydrogen) atoms. The van der Waals surface area contributed by atoms with E-state index in [-0.39, 0.29) is 11.8 Å². The number of ether oxygens (including phenoxy) is 1. The summed E-state index contributed by atoms with van der Waals surface area (Å²) in [7, 11) is 0. The summed E-state index contributed by atoms with van der Waals surface area (Å²) in [6, 6.07) is 3.47. The van der Waals surface area contributed by atoms with Crippen LogP contribution in [0, 0.1) is 5.82 Å². The monoisotopic (exact) mass is 233 g/mol. The first-order chi connectivity index (χ1) is 7.51. The molecular weight excluding hydrogens is 219 g/mol. The van der Waals surface area contributed by atoms with Gasteiger partial charge < -0.3 is 10.5 Å². The van der Waals surface area contributed by atoms with Crippen LogP contribution >= 0.6 is 0 Å². The molecule has 0 bridgehead atoms. The normalized spacial score (nSPS) is 12.9. The van der Waals surface area contributed by atoms with Crippen LogP contribution in [0.4, 0.5) is 13.2 Å². The van der Waals surface area contributed by atoms with Crippen LogP contribution in [0.5, 0.6) is 5.75 Å². The third-order valence-electron chi connectivity index (χ3n) is 2.18. The van der Waals surface area contributed by atoms with Gasteiger partial charge in [0.15, 0.2) is 0 Å². The summed E-state index contributed by atoms with van der Waals surface area (Å²) >= 11 is 0. The molecule has 0 saturated carbocycles. The van der Waals surface area contributed by atoms with Gasteiger partial charge in [-0.15, -0.1) is 0 Å². The quantitative estimate of drug-likeness (QED) is 0.848. The molecule has 2 nitrogen and oxygen atoms in total. The van der Waals surface area contributed by atoms with Crippen LogP contribution in [0.1, 0.15) is 18.9 Å². The summed E-state index contributed by atoms with van der Waals surface area (Å²) in [5, 5.41) is 0. The number of alkyl halides is 2. The highest BCUT2D eigenvalue weighted by Crippen LogP contribution is 2.19. The number of hydrogen-bond acceptors (Lipinski definition) is 2. The zero-order valence-corrected chi connectivity index (χ0v) is 8.92. The van der Waals surface area contributed by atoms with Crippen molar-refractivity contribution >= 4 is 0 Å². The van der Waals surface area contributed by atoms with E-state index in [0.29, 0.717) is 12.0 Å². The average Bonchev–Trinajstić information content (AvgIpc) is 2.15. The number of hydrogen-bond donors (Lipinski definition) is 1. The Labute approximate surface area is 92.2 Å². The lowest BCUT2D eigenvalue weighted by Crippen LogP contribution is -2.21. The Morgan fingerprint density at radius 2 is 2.00 bits per heavy atom. The van der Waals surface area contributed by atoms with Crippen molar-refractivity contribution < 1.29 is 17.9 Å². The molecule has 0 radical (unpaired) electrons. The van der Waals surface area contributed by atoms with Gasteiger partial charge in [0.05, 0.1) is 0 Å². The van der Waals surface area contributed by atoms with Gasteiger partial charge in [-0.1, -0.05) is 6.92 Å². The van der Waals surface area contributed by atoms with Crippen molar-refractivity contribution in [1.29, 1.82) is 0 Å². The Bertz CT molecular complexity index is 344. The SMILES string of the molecule is CCC(N)Cc1cc(F)cc(OC(F)F)c1. The van der Waals surface area contributed by atoms with Crippen LogP contribution in [0.15, 0.2) is 18.2 Å². The minimum absolute atomic E-state index is 0.110. The third-order valence-corrected chi connectivity index (χ3v) is 2.18. The molecule has 2 N–H and O–H groups in total. The lowest BCUT2D eigenvalue weighted by atomic mass is 10.0. The van der Waals surface area contributed by atoms with Crippen molar-refractivity contribution in [2.45, 2.75) is 32.4 Å². The second-order valence-corrected chi connectivity index (χ2v) is 3.55. The smallest absolute Gasteiger partial charge is 0.387 e. The van der Waals surface area contributed by atoms with E-state index in [1.54, 1.807) is 0 Å². The van der Waals surface area contributed by atoms with Crippen molar-refractivity contribution in [2.75, 3.05) is 0 Å². The first-order valence-electron chi connectivity index (χ1n) is 5.01. The van der Waals surface area contributed by atoms with E-state index in [1.807, 2.05) is 6.92 Å². The zero-order valence-electron chi connectivity index (χ0n) is 8.92. The van der Waals surface area contributed by atoms with Gasteiger partial charge >= 0.3 is 6.61 Å². The fourth-order valence-electron chi connectivity index (χ4n) is 1.36. The van der Waals surface area contributed by atoms with E-state index in [4.69, 9.17) is 5.73 Å². The zero-order chi connectivity index (χ0) is 12.1. The van der Waals surface area contributed by atoms with Gasteiger partial charge in [-0.25, -0.2) is 4.39 Å². The number of benzene rings is 1. The van der Waals surface area contributed by atoms with Gasteiger partial charge in [0.2, 0.25) is 0 Å². The Hall–Kier alpha value is -1.23. The first-order valence-corrected chi connectivity index (χ1v) is 5.01. The van der Waals surface area contributed by atoms with Crippen LogP contribution in [-0.4, -0.2) is 12.7 Å². The Morgan fingerprint density at radius 3 is 2.56 bits per heavy atom. The van der Waals surface area contributed by atoms with Crippen LogP contribution in [-0.2, 0) is 6.42 Å². The predicted molar refractivity (Wildman–Crippen MR) is 55.0 cm³/mol. The predicted octanol–water partition coefficient (Wildman–Crippen LogP) is 2.71. The summed E-state index contributed by atoms with van der Waals surface area (Å²) in [5.74, 6) is -0.773. The maximum atomic E-state index is 13.1. The molecule has 0 saturated heterocycles.